The minimum Gasteiger partial charge on any atom is -0.480 e. The van der Waals surface area contributed by atoms with E-state index >= 15 is 0 Å². The molecule has 0 aromatic carbocycles. The summed E-state index contributed by atoms with van der Waals surface area (Å²) in [6, 6.07) is 3.27. The molecule has 0 bridgehead atoms. The van der Waals surface area contributed by atoms with E-state index < -0.39 is 5.97 Å². The van der Waals surface area contributed by atoms with Crippen molar-refractivity contribution in [3.05, 3.63) is 78.2 Å². The number of aliphatic imine (C=N–C) groups is 2. The number of hydrogen-bond donors (Lipinski definition) is 7. The molecular weight excluding hydrogens is 768 g/mol. The highest BCUT2D eigenvalue weighted by Gasteiger charge is 2.16. The smallest absolute Gasteiger partial charge is 0.323 e. The van der Waals surface area contributed by atoms with Gasteiger partial charge in [-0.1, -0.05) is 0 Å². The van der Waals surface area contributed by atoms with Crippen LogP contribution in [0.4, 0.5) is 11.4 Å². The van der Waals surface area contributed by atoms with Crippen LogP contribution in [0.5, 0.6) is 0 Å². The van der Waals surface area contributed by atoms with Crippen molar-refractivity contribution in [2.75, 3.05) is 65.0 Å². The molecule has 0 aliphatic carbocycles. The van der Waals surface area contributed by atoms with Gasteiger partial charge in [0, 0.05) is 112 Å². The van der Waals surface area contributed by atoms with E-state index in [4.69, 9.17) is 5.11 Å². The molecule has 0 spiro atoms. The summed E-state index contributed by atoms with van der Waals surface area (Å²) >= 11 is 0. The Hall–Kier alpha value is -7.52. The molecule has 3 rings (SSSR count). The second-order valence-electron chi connectivity index (χ2n) is 12.3. The standard InChI is InChI=1S/C16H24N6O4.C14H17N5O3.C7H13N3O/c1-17-11-7-12(22(4)8-11)16(26)19-6-5-14(23)20-13(18-2)9-21(3)10-15(24)25;1-18-6-5-15-12(18)14(22)17-10-8-11(19(2)9-10)13(21)16-4-3-7-20;1-8-7(9-2)6-10(3)4-5-11/h7-9,17H,2,5-6,10H2,1,3-4H3,(H,19,26)(H,20,23)(H,24,25);5-9H,3-4H2,1-2H3,(H,16,21)(H,17,22);5-6,9H,1,4H2,2-3H3/b13-9+;;7-6+. The van der Waals surface area contributed by atoms with Crippen LogP contribution in [0, 0.1) is 0 Å². The first kappa shape index (κ1) is 49.5. The molecule has 0 saturated carbocycles. The van der Waals surface area contributed by atoms with Gasteiger partial charge in [0.05, 0.1) is 17.9 Å². The summed E-state index contributed by atoms with van der Waals surface area (Å²) in [5, 5.41) is 24.9. The van der Waals surface area contributed by atoms with Crippen LogP contribution in [0.25, 0.3) is 0 Å². The number of carbonyl (C=O) groups excluding carboxylic acids is 6. The van der Waals surface area contributed by atoms with Gasteiger partial charge in [-0.2, -0.15) is 0 Å². The number of nitrogens with zero attached hydrogens (tertiary/aromatic N) is 8. The summed E-state index contributed by atoms with van der Waals surface area (Å²) in [5.41, 5.74) is 2.17. The third-order valence-electron chi connectivity index (χ3n) is 7.53. The third kappa shape index (κ3) is 18.3. The van der Waals surface area contributed by atoms with Crippen molar-refractivity contribution >= 4 is 67.0 Å². The highest BCUT2D eigenvalue weighted by atomic mass is 16.4. The number of amides is 4. The largest absolute Gasteiger partial charge is 0.480 e. The Balaban J connectivity index is 0.000000477. The highest BCUT2D eigenvalue weighted by molar-refractivity contribution is 6.03. The molecule has 22 nitrogen and oxygen atoms in total. The Bertz CT molecular complexity index is 1980. The van der Waals surface area contributed by atoms with Crippen LogP contribution >= 0.6 is 0 Å². The summed E-state index contributed by atoms with van der Waals surface area (Å²) < 4.78 is 4.89. The second kappa shape index (κ2) is 26.4. The number of rotatable bonds is 21. The molecule has 3 heterocycles. The summed E-state index contributed by atoms with van der Waals surface area (Å²) in [7, 11) is 12.0. The van der Waals surface area contributed by atoms with Crippen molar-refractivity contribution < 1.29 is 38.7 Å². The fraction of sp³-hybridized carbons (Fsp3) is 0.351. The lowest BCUT2D eigenvalue weighted by Crippen LogP contribution is -2.31. The summed E-state index contributed by atoms with van der Waals surface area (Å²) in [6.07, 6.45) is 11.6. The molecule has 3 aromatic heterocycles. The van der Waals surface area contributed by atoms with E-state index in [1.807, 2.05) is 0 Å². The first-order valence-corrected chi connectivity index (χ1v) is 17.7. The number of anilines is 2. The van der Waals surface area contributed by atoms with Crippen LogP contribution in [-0.2, 0) is 40.3 Å². The van der Waals surface area contributed by atoms with Gasteiger partial charge in [0.25, 0.3) is 17.7 Å². The lowest BCUT2D eigenvalue weighted by molar-refractivity contribution is -0.137. The van der Waals surface area contributed by atoms with Crippen LogP contribution in [-0.4, -0.2) is 144 Å². The van der Waals surface area contributed by atoms with Gasteiger partial charge in [-0.05, 0) is 25.6 Å². The van der Waals surface area contributed by atoms with Crippen LogP contribution in [0.15, 0.2) is 70.9 Å². The number of aliphatic carboxylic acids is 1. The molecule has 0 atom stereocenters. The highest BCUT2D eigenvalue weighted by Crippen LogP contribution is 2.14. The fourth-order valence-electron chi connectivity index (χ4n) is 4.62. The average Bonchev–Trinajstić information content (AvgIpc) is 3.90. The summed E-state index contributed by atoms with van der Waals surface area (Å²) in [5.74, 6) is -1.28. The second-order valence-corrected chi connectivity index (χ2v) is 12.3. The number of aromatic nitrogens is 4. The van der Waals surface area contributed by atoms with Crippen LogP contribution in [0.2, 0.25) is 0 Å². The monoisotopic (exact) mass is 822 g/mol. The molecule has 4 amide bonds. The number of nitrogens with one attached hydrogen (secondary N) is 6. The molecule has 59 heavy (non-hydrogen) atoms. The van der Waals surface area contributed by atoms with E-state index in [0.717, 1.165) is 18.3 Å². The van der Waals surface area contributed by atoms with Gasteiger partial charge in [-0.15, -0.1) is 0 Å². The van der Waals surface area contributed by atoms with E-state index in [9.17, 15) is 33.6 Å². The Morgan fingerprint density at radius 3 is 1.88 bits per heavy atom. The molecule has 0 aliphatic rings. The molecule has 320 valence electrons. The van der Waals surface area contributed by atoms with Crippen molar-refractivity contribution in [2.24, 2.45) is 31.1 Å². The number of likely N-dealkylation sites (N-methyl/N-ethyl adjacent to an activating group) is 2. The predicted octanol–water partition coefficient (Wildman–Crippen LogP) is -0.0155. The first-order chi connectivity index (χ1) is 28.0. The Kier molecular flexibility index (Phi) is 22.1. The lowest BCUT2D eigenvalue weighted by atomic mass is 10.3. The molecular formula is C37H54N14O8. The Morgan fingerprint density at radius 2 is 1.39 bits per heavy atom. The minimum absolute atomic E-state index is 0.0323. The molecule has 0 unspecified atom stereocenters. The van der Waals surface area contributed by atoms with Crippen molar-refractivity contribution in [2.45, 2.75) is 12.8 Å². The van der Waals surface area contributed by atoms with Crippen LogP contribution in [0.1, 0.15) is 44.4 Å². The van der Waals surface area contributed by atoms with Crippen molar-refractivity contribution in [1.29, 1.82) is 0 Å². The quantitative estimate of drug-likeness (QED) is 0.0424. The van der Waals surface area contributed by atoms with E-state index in [-0.39, 0.29) is 67.8 Å². The van der Waals surface area contributed by atoms with Gasteiger partial charge in [0.2, 0.25) is 5.91 Å². The van der Waals surface area contributed by atoms with Gasteiger partial charge in [-0.25, -0.2) is 15.0 Å². The fourth-order valence-corrected chi connectivity index (χ4v) is 4.62. The van der Waals surface area contributed by atoms with Crippen LogP contribution < -0.4 is 31.9 Å². The predicted molar refractivity (Wildman–Crippen MR) is 223 cm³/mol. The number of carboxylic acids is 1. The molecule has 7 N–H and O–H groups in total. The van der Waals surface area contributed by atoms with E-state index in [0.29, 0.717) is 29.4 Å². The molecule has 0 saturated heterocycles. The zero-order valence-electron chi connectivity index (χ0n) is 34.3. The average molecular weight is 823 g/mol. The molecule has 0 fully saturated rings. The number of carbonyl (C=O) groups is 7. The van der Waals surface area contributed by atoms with E-state index in [2.05, 4.69) is 60.3 Å². The lowest BCUT2D eigenvalue weighted by Gasteiger charge is -2.13. The Labute approximate surface area is 342 Å². The first-order valence-electron chi connectivity index (χ1n) is 17.7. The molecule has 22 heteroatoms. The van der Waals surface area contributed by atoms with Crippen molar-refractivity contribution in [3.8, 4) is 0 Å². The maximum atomic E-state index is 12.1. The number of carboxylic acid groups (broad SMARTS) is 1. The SMILES string of the molecule is C=N/C(=C\N(C)CC(=O)O)NC(=O)CCNC(=O)c1cc(NC)cn1C.C=N/C(=C\N(C)CC=O)NC.Cn1cc(NC(=O)c2nccn2C)cc1C(=O)NCCC=O. The van der Waals surface area contributed by atoms with Gasteiger partial charge < -0.3 is 70.1 Å². The number of aldehydes is 2. The van der Waals surface area contributed by atoms with E-state index in [1.54, 1.807) is 97.8 Å². The molecule has 0 radical (unpaired) electrons. The summed E-state index contributed by atoms with van der Waals surface area (Å²) in [4.78, 5) is 93.2. The van der Waals surface area contributed by atoms with Gasteiger partial charge >= 0.3 is 5.97 Å². The topological polar surface area (TPSA) is 271 Å². The third-order valence-corrected chi connectivity index (χ3v) is 7.53. The van der Waals surface area contributed by atoms with Gasteiger partial charge in [0.15, 0.2) is 5.82 Å². The van der Waals surface area contributed by atoms with Crippen molar-refractivity contribution in [1.82, 2.24) is 49.8 Å². The zero-order valence-corrected chi connectivity index (χ0v) is 34.3. The minimum atomic E-state index is -1.01. The normalized spacial score (nSPS) is 10.6. The van der Waals surface area contributed by atoms with Crippen molar-refractivity contribution in [3.63, 3.8) is 0 Å². The summed E-state index contributed by atoms with van der Waals surface area (Å²) in [6.45, 7) is 7.22. The molecule has 0 aliphatic heterocycles. The maximum absolute atomic E-state index is 12.1. The number of imidazole rings is 1. The van der Waals surface area contributed by atoms with E-state index in [1.165, 1.54) is 24.3 Å². The zero-order chi connectivity index (χ0) is 44.5. The molecule has 3 aromatic rings. The Morgan fingerprint density at radius 1 is 0.814 bits per heavy atom. The van der Waals surface area contributed by atoms with Gasteiger partial charge in [-0.3, -0.25) is 24.0 Å². The number of hydrogen-bond acceptors (Lipinski definition) is 14. The van der Waals surface area contributed by atoms with Crippen LogP contribution in [0.3, 0.4) is 0 Å². The van der Waals surface area contributed by atoms with Gasteiger partial charge in [0.1, 0.15) is 42.1 Å². The number of aryl methyl sites for hydroxylation is 3. The maximum Gasteiger partial charge on any atom is 0.323 e.